The third-order valence-corrected chi connectivity index (χ3v) is 7.45. The van der Waals surface area contributed by atoms with Crippen molar-refractivity contribution in [2.24, 2.45) is 16.7 Å². The second-order valence-electron chi connectivity index (χ2n) is 8.83. The first kappa shape index (κ1) is 16.7. The molecule has 3 aliphatic rings. The predicted molar refractivity (Wildman–Crippen MR) is 89.9 cm³/mol. The van der Waals surface area contributed by atoms with Gasteiger partial charge in [0.2, 0.25) is 0 Å². The van der Waals surface area contributed by atoms with Crippen LogP contribution in [0.15, 0.2) is 0 Å². The maximum atomic E-state index is 10.2. The van der Waals surface area contributed by atoms with Gasteiger partial charge < -0.3 is 15.2 Å². The molecule has 3 rings (SSSR count). The van der Waals surface area contributed by atoms with Crippen molar-refractivity contribution in [2.45, 2.75) is 90.4 Å². The van der Waals surface area contributed by atoms with Crippen LogP contribution in [0.3, 0.4) is 0 Å². The number of hydrogen-bond donors (Lipinski definition) is 2. The molecule has 0 aromatic rings. The molecule has 0 amide bonds. The van der Waals surface area contributed by atoms with Crippen LogP contribution in [-0.4, -0.2) is 36.5 Å². The third kappa shape index (κ3) is 2.97. The van der Waals surface area contributed by atoms with E-state index in [2.05, 4.69) is 26.1 Å². The van der Waals surface area contributed by atoms with Crippen LogP contribution in [0.1, 0.15) is 72.1 Å². The lowest BCUT2D eigenvalue weighted by atomic mass is 9.70. The summed E-state index contributed by atoms with van der Waals surface area (Å²) in [7, 11) is 0. The van der Waals surface area contributed by atoms with Crippen molar-refractivity contribution in [3.8, 4) is 0 Å². The first-order chi connectivity index (χ1) is 10.4. The van der Waals surface area contributed by atoms with Crippen molar-refractivity contribution in [1.29, 1.82) is 0 Å². The molecular weight excluding hydrogens is 274 g/mol. The Hall–Kier alpha value is -0.120. The van der Waals surface area contributed by atoms with E-state index >= 15 is 0 Å². The Morgan fingerprint density at radius 3 is 2.45 bits per heavy atom. The van der Waals surface area contributed by atoms with Gasteiger partial charge in [-0.25, -0.2) is 0 Å². The molecule has 0 aromatic carbocycles. The van der Waals surface area contributed by atoms with Gasteiger partial charge in [-0.15, -0.1) is 0 Å². The van der Waals surface area contributed by atoms with Gasteiger partial charge >= 0.3 is 0 Å². The molecule has 4 atom stereocenters. The number of ether oxygens (including phenoxy) is 1. The third-order valence-electron chi connectivity index (χ3n) is 7.45. The summed E-state index contributed by atoms with van der Waals surface area (Å²) in [6.07, 6.45) is 10.4. The first-order valence-electron chi connectivity index (χ1n) is 9.46. The molecule has 2 N–H and O–H groups in total. The van der Waals surface area contributed by atoms with Crippen LogP contribution in [-0.2, 0) is 4.74 Å². The molecule has 3 aliphatic carbocycles. The lowest BCUT2D eigenvalue weighted by Crippen LogP contribution is -2.41. The molecule has 0 heterocycles. The Morgan fingerprint density at radius 1 is 1.14 bits per heavy atom. The largest absolute Gasteiger partial charge is 0.389 e. The van der Waals surface area contributed by atoms with Crippen LogP contribution in [0, 0.1) is 16.7 Å². The monoisotopic (exact) mass is 309 g/mol. The fourth-order valence-corrected chi connectivity index (χ4v) is 5.28. The number of aliphatic hydroxyl groups is 1. The topological polar surface area (TPSA) is 41.5 Å². The number of rotatable bonds is 6. The van der Waals surface area contributed by atoms with Gasteiger partial charge in [0.1, 0.15) is 0 Å². The minimum absolute atomic E-state index is 0.300. The zero-order valence-electron chi connectivity index (χ0n) is 14.7. The summed E-state index contributed by atoms with van der Waals surface area (Å²) in [5, 5.41) is 13.8. The van der Waals surface area contributed by atoms with Crippen molar-refractivity contribution in [3.05, 3.63) is 0 Å². The van der Waals surface area contributed by atoms with Gasteiger partial charge in [-0.3, -0.25) is 0 Å². The average molecular weight is 309 g/mol. The second kappa shape index (κ2) is 6.41. The fraction of sp³-hybridized carbons (Fsp3) is 1.00. The average Bonchev–Trinajstić information content (AvgIpc) is 2.85. The molecule has 3 nitrogen and oxygen atoms in total. The van der Waals surface area contributed by atoms with E-state index in [0.717, 1.165) is 5.92 Å². The van der Waals surface area contributed by atoms with E-state index in [9.17, 15) is 5.11 Å². The normalized spacial score (nSPS) is 39.3. The number of hydrogen-bond acceptors (Lipinski definition) is 3. The van der Waals surface area contributed by atoms with E-state index in [4.69, 9.17) is 4.74 Å². The zero-order valence-corrected chi connectivity index (χ0v) is 14.7. The summed E-state index contributed by atoms with van der Waals surface area (Å²) < 4.78 is 6.19. The van der Waals surface area contributed by atoms with Crippen molar-refractivity contribution in [3.63, 3.8) is 0 Å². The van der Waals surface area contributed by atoms with Gasteiger partial charge in [0.15, 0.2) is 0 Å². The fourth-order valence-electron chi connectivity index (χ4n) is 5.28. The summed E-state index contributed by atoms with van der Waals surface area (Å²) in [5.41, 5.74) is 0.692. The zero-order chi connectivity index (χ0) is 15.8. The highest BCUT2D eigenvalue weighted by molar-refractivity contribution is 5.11. The Labute approximate surface area is 136 Å². The second-order valence-corrected chi connectivity index (χ2v) is 8.83. The Bertz CT molecular complexity index is 378. The maximum absolute atomic E-state index is 10.2. The highest BCUT2D eigenvalue weighted by Crippen LogP contribution is 2.66. The van der Waals surface area contributed by atoms with Gasteiger partial charge in [0.25, 0.3) is 0 Å². The molecule has 0 unspecified atom stereocenters. The molecule has 3 saturated carbocycles. The van der Waals surface area contributed by atoms with Gasteiger partial charge in [-0.05, 0) is 48.9 Å². The lowest BCUT2D eigenvalue weighted by Gasteiger charge is -2.39. The van der Waals surface area contributed by atoms with Crippen LogP contribution in [0.2, 0.25) is 0 Å². The van der Waals surface area contributed by atoms with Crippen LogP contribution in [0.25, 0.3) is 0 Å². The van der Waals surface area contributed by atoms with Crippen molar-refractivity contribution < 1.29 is 9.84 Å². The molecule has 0 aliphatic heterocycles. The maximum Gasteiger partial charge on any atom is 0.0897 e. The molecule has 0 aromatic heterocycles. The van der Waals surface area contributed by atoms with Crippen molar-refractivity contribution in [1.82, 2.24) is 5.32 Å². The minimum Gasteiger partial charge on any atom is -0.389 e. The first-order valence-corrected chi connectivity index (χ1v) is 9.46. The Kier molecular flexibility index (Phi) is 4.87. The van der Waals surface area contributed by atoms with E-state index in [-0.39, 0.29) is 6.10 Å². The highest BCUT2D eigenvalue weighted by atomic mass is 16.5. The van der Waals surface area contributed by atoms with Gasteiger partial charge in [0.05, 0.1) is 18.8 Å². The quantitative estimate of drug-likeness (QED) is 0.789. The Balaban J connectivity index is 1.41. The summed E-state index contributed by atoms with van der Waals surface area (Å²) in [4.78, 5) is 0. The van der Waals surface area contributed by atoms with Crippen LogP contribution in [0.4, 0.5) is 0 Å². The SMILES string of the molecule is CC1(C)[C@H]2CC[C@]1(C)[C@H](OC[C@H](O)CNC1CCCCC1)C2. The summed E-state index contributed by atoms with van der Waals surface area (Å²) in [6, 6.07) is 0.613. The summed E-state index contributed by atoms with van der Waals surface area (Å²) >= 11 is 0. The number of aliphatic hydroxyl groups excluding tert-OH is 1. The van der Waals surface area contributed by atoms with E-state index < -0.39 is 0 Å². The minimum atomic E-state index is -0.368. The van der Waals surface area contributed by atoms with Crippen LogP contribution in [0.5, 0.6) is 0 Å². The van der Waals surface area contributed by atoms with E-state index in [1.54, 1.807) is 0 Å². The highest BCUT2D eigenvalue weighted by Gasteiger charge is 2.61. The predicted octanol–water partition coefficient (Wildman–Crippen LogP) is 3.50. The van der Waals surface area contributed by atoms with E-state index in [1.165, 1.54) is 51.4 Å². The van der Waals surface area contributed by atoms with Crippen LogP contribution >= 0.6 is 0 Å². The van der Waals surface area contributed by atoms with Gasteiger partial charge in [0, 0.05) is 12.6 Å². The number of fused-ring (bicyclic) bond motifs is 2. The number of nitrogens with one attached hydrogen (secondary N) is 1. The summed E-state index contributed by atoms with van der Waals surface area (Å²) in [6.45, 7) is 8.39. The van der Waals surface area contributed by atoms with Crippen LogP contribution < -0.4 is 5.32 Å². The van der Waals surface area contributed by atoms with Gasteiger partial charge in [-0.1, -0.05) is 40.0 Å². The van der Waals surface area contributed by atoms with Crippen molar-refractivity contribution >= 4 is 0 Å². The smallest absolute Gasteiger partial charge is 0.0897 e. The van der Waals surface area contributed by atoms with Gasteiger partial charge in [-0.2, -0.15) is 0 Å². The molecule has 128 valence electrons. The molecule has 3 heteroatoms. The molecular formula is C19H35NO2. The lowest BCUT2D eigenvalue weighted by molar-refractivity contribution is -0.0745. The van der Waals surface area contributed by atoms with E-state index in [1.807, 2.05) is 0 Å². The Morgan fingerprint density at radius 2 is 1.86 bits per heavy atom. The molecule has 0 saturated heterocycles. The molecule has 2 bridgehead atoms. The molecule has 0 spiro atoms. The molecule has 0 radical (unpaired) electrons. The summed E-state index contributed by atoms with van der Waals surface area (Å²) in [5.74, 6) is 0.806. The van der Waals surface area contributed by atoms with Crippen molar-refractivity contribution in [2.75, 3.05) is 13.2 Å². The molecule has 22 heavy (non-hydrogen) atoms. The van der Waals surface area contributed by atoms with E-state index in [0.29, 0.717) is 36.1 Å². The molecule has 3 fully saturated rings. The standard InChI is InChI=1S/C19H35NO2/c1-18(2)14-9-10-19(18,3)17(11-14)22-13-16(21)12-20-15-7-5-4-6-8-15/h14-17,20-21H,4-13H2,1-3H3/t14-,16+,17+,19+/m0/s1.